The molecule has 0 aliphatic carbocycles. The second-order valence-corrected chi connectivity index (χ2v) is 8.27. The average molecular weight is 411 g/mol. The number of hydrogen-bond donors (Lipinski definition) is 1. The monoisotopic (exact) mass is 410 g/mol. The maximum absolute atomic E-state index is 12.9. The molecule has 1 atom stereocenters. The lowest BCUT2D eigenvalue weighted by molar-refractivity contribution is -0.131. The van der Waals surface area contributed by atoms with Crippen LogP contribution in [-0.4, -0.2) is 47.8 Å². The van der Waals surface area contributed by atoms with Crippen LogP contribution in [0.3, 0.4) is 0 Å². The molecular formula is C22H26N4O2S. The molecule has 0 bridgehead atoms. The molecule has 3 rings (SSSR count). The fraction of sp³-hybridized carbons (Fsp3) is 0.409. The Kier molecular flexibility index (Phi) is 7.39. The molecule has 1 N–H and O–H groups in total. The van der Waals surface area contributed by atoms with Gasteiger partial charge in [0.15, 0.2) is 0 Å². The van der Waals surface area contributed by atoms with Crippen LogP contribution in [0, 0.1) is 11.3 Å². The van der Waals surface area contributed by atoms with E-state index in [0.717, 1.165) is 37.5 Å². The number of carbonyl (C=O) groups excluding carboxylic acids is 2. The van der Waals surface area contributed by atoms with Crippen LogP contribution in [-0.2, 0) is 16.1 Å². The zero-order chi connectivity index (χ0) is 20.6. The lowest BCUT2D eigenvalue weighted by Crippen LogP contribution is -2.38. The van der Waals surface area contributed by atoms with E-state index in [1.807, 2.05) is 46.7 Å². The Bertz CT molecular complexity index is 858. The van der Waals surface area contributed by atoms with Gasteiger partial charge >= 0.3 is 0 Å². The summed E-state index contributed by atoms with van der Waals surface area (Å²) in [7, 11) is 0. The smallest absolute Gasteiger partial charge is 0.225 e. The summed E-state index contributed by atoms with van der Waals surface area (Å²) in [4.78, 5) is 29.7. The summed E-state index contributed by atoms with van der Waals surface area (Å²) in [5.41, 5.74) is 1.84. The van der Waals surface area contributed by atoms with E-state index in [-0.39, 0.29) is 24.3 Å². The van der Waals surface area contributed by atoms with Gasteiger partial charge < -0.3 is 10.2 Å². The van der Waals surface area contributed by atoms with Gasteiger partial charge in [0.1, 0.15) is 0 Å². The molecular weight excluding hydrogens is 384 g/mol. The first-order valence-corrected chi connectivity index (χ1v) is 10.7. The maximum atomic E-state index is 12.9. The lowest BCUT2D eigenvalue weighted by Gasteiger charge is -2.24. The molecule has 152 valence electrons. The SMILES string of the molecule is CC(=O)NC(CC(=O)N1CCCN(Cc2ccc(C#N)cc2)CC1)c1cccs1. The first kappa shape index (κ1) is 21.0. The highest BCUT2D eigenvalue weighted by Crippen LogP contribution is 2.23. The van der Waals surface area contributed by atoms with E-state index in [1.54, 1.807) is 11.3 Å². The van der Waals surface area contributed by atoms with Crippen molar-refractivity contribution in [2.24, 2.45) is 0 Å². The molecule has 2 aromatic rings. The summed E-state index contributed by atoms with van der Waals surface area (Å²) < 4.78 is 0. The minimum absolute atomic E-state index is 0.0809. The van der Waals surface area contributed by atoms with Gasteiger partial charge in [-0.3, -0.25) is 14.5 Å². The van der Waals surface area contributed by atoms with Crippen LogP contribution in [0.25, 0.3) is 0 Å². The van der Waals surface area contributed by atoms with Crippen molar-refractivity contribution in [3.05, 3.63) is 57.8 Å². The highest BCUT2D eigenvalue weighted by molar-refractivity contribution is 7.10. The number of nitriles is 1. The lowest BCUT2D eigenvalue weighted by atomic mass is 10.1. The average Bonchev–Trinajstić information content (AvgIpc) is 3.15. The number of benzene rings is 1. The Hall–Kier alpha value is -2.69. The summed E-state index contributed by atoms with van der Waals surface area (Å²) >= 11 is 1.56. The molecule has 1 saturated heterocycles. The third-order valence-electron chi connectivity index (χ3n) is 5.07. The Morgan fingerprint density at radius 2 is 1.97 bits per heavy atom. The molecule has 0 saturated carbocycles. The molecule has 1 fully saturated rings. The fourth-order valence-electron chi connectivity index (χ4n) is 3.58. The number of thiophene rings is 1. The van der Waals surface area contributed by atoms with Crippen molar-refractivity contribution in [2.75, 3.05) is 26.2 Å². The van der Waals surface area contributed by atoms with Gasteiger partial charge in [-0.15, -0.1) is 11.3 Å². The standard InChI is InChI=1S/C22H26N4O2S/c1-17(27)24-20(21-4-2-13-29-21)14-22(28)26-10-3-9-25(11-12-26)16-19-7-5-18(15-23)6-8-19/h2,4-8,13,20H,3,9-12,14,16H2,1H3,(H,24,27). The van der Waals surface area contributed by atoms with E-state index in [2.05, 4.69) is 16.3 Å². The van der Waals surface area contributed by atoms with Crippen LogP contribution in [0.4, 0.5) is 0 Å². The number of nitrogens with zero attached hydrogens (tertiary/aromatic N) is 3. The zero-order valence-electron chi connectivity index (χ0n) is 16.6. The normalized spacial score (nSPS) is 15.9. The Morgan fingerprint density at radius 3 is 2.62 bits per heavy atom. The molecule has 1 aromatic heterocycles. The van der Waals surface area contributed by atoms with Crippen LogP contribution in [0.15, 0.2) is 41.8 Å². The maximum Gasteiger partial charge on any atom is 0.225 e. The van der Waals surface area contributed by atoms with E-state index >= 15 is 0 Å². The van der Waals surface area contributed by atoms with Crippen LogP contribution in [0.1, 0.15) is 41.8 Å². The highest BCUT2D eigenvalue weighted by Gasteiger charge is 2.24. The molecule has 7 heteroatoms. The fourth-order valence-corrected chi connectivity index (χ4v) is 4.36. The molecule has 0 radical (unpaired) electrons. The van der Waals surface area contributed by atoms with Crippen molar-refractivity contribution in [2.45, 2.75) is 32.4 Å². The van der Waals surface area contributed by atoms with Gasteiger partial charge in [0.25, 0.3) is 0 Å². The first-order chi connectivity index (χ1) is 14.0. The van der Waals surface area contributed by atoms with E-state index in [9.17, 15) is 9.59 Å². The number of hydrogen-bond acceptors (Lipinski definition) is 5. The summed E-state index contributed by atoms with van der Waals surface area (Å²) in [5, 5.41) is 13.8. The predicted molar refractivity (Wildman–Crippen MR) is 113 cm³/mol. The van der Waals surface area contributed by atoms with Gasteiger partial charge in [0.05, 0.1) is 24.1 Å². The van der Waals surface area contributed by atoms with Crippen LogP contribution < -0.4 is 5.32 Å². The van der Waals surface area contributed by atoms with Crippen LogP contribution in [0.5, 0.6) is 0 Å². The van der Waals surface area contributed by atoms with E-state index in [0.29, 0.717) is 12.1 Å². The minimum atomic E-state index is -0.266. The van der Waals surface area contributed by atoms with Crippen molar-refractivity contribution >= 4 is 23.2 Å². The Morgan fingerprint density at radius 1 is 1.17 bits per heavy atom. The molecule has 6 nitrogen and oxygen atoms in total. The predicted octanol–water partition coefficient (Wildman–Crippen LogP) is 2.92. The summed E-state index contributed by atoms with van der Waals surface area (Å²) in [5.74, 6) is -0.0435. The summed E-state index contributed by atoms with van der Waals surface area (Å²) in [6.45, 7) is 5.47. The number of carbonyl (C=O) groups is 2. The van der Waals surface area contributed by atoms with Gasteiger partial charge in [-0.2, -0.15) is 5.26 Å². The molecule has 2 heterocycles. The number of amides is 2. The quantitative estimate of drug-likeness (QED) is 0.794. The largest absolute Gasteiger partial charge is 0.348 e. The molecule has 0 spiro atoms. The van der Waals surface area contributed by atoms with Gasteiger partial charge in [-0.25, -0.2) is 0 Å². The van der Waals surface area contributed by atoms with Crippen molar-refractivity contribution in [1.82, 2.24) is 15.1 Å². The topological polar surface area (TPSA) is 76.4 Å². The molecule has 29 heavy (non-hydrogen) atoms. The first-order valence-electron chi connectivity index (χ1n) is 9.85. The molecule has 1 aliphatic heterocycles. The van der Waals surface area contributed by atoms with Gasteiger partial charge in [-0.05, 0) is 35.6 Å². The zero-order valence-corrected chi connectivity index (χ0v) is 17.5. The highest BCUT2D eigenvalue weighted by atomic mass is 32.1. The summed E-state index contributed by atoms with van der Waals surface area (Å²) in [6, 6.07) is 13.4. The van der Waals surface area contributed by atoms with Gasteiger partial charge in [0.2, 0.25) is 11.8 Å². The molecule has 1 aliphatic rings. The second-order valence-electron chi connectivity index (χ2n) is 7.29. The third kappa shape index (κ3) is 6.14. The van der Waals surface area contributed by atoms with Crippen LogP contribution in [0.2, 0.25) is 0 Å². The Labute approximate surface area is 175 Å². The van der Waals surface area contributed by atoms with Crippen molar-refractivity contribution in [3.8, 4) is 6.07 Å². The number of nitrogens with one attached hydrogen (secondary N) is 1. The van der Waals surface area contributed by atoms with E-state index < -0.39 is 0 Å². The Balaban J connectivity index is 1.55. The summed E-state index contributed by atoms with van der Waals surface area (Å²) in [6.07, 6.45) is 1.21. The molecule has 1 unspecified atom stereocenters. The van der Waals surface area contributed by atoms with Crippen LogP contribution >= 0.6 is 11.3 Å². The van der Waals surface area contributed by atoms with Crippen molar-refractivity contribution < 1.29 is 9.59 Å². The van der Waals surface area contributed by atoms with Crippen molar-refractivity contribution in [3.63, 3.8) is 0 Å². The molecule has 2 amide bonds. The van der Waals surface area contributed by atoms with Gasteiger partial charge in [0, 0.05) is 44.5 Å². The minimum Gasteiger partial charge on any atom is -0.348 e. The van der Waals surface area contributed by atoms with E-state index in [1.165, 1.54) is 12.5 Å². The molecule has 1 aromatic carbocycles. The van der Waals surface area contributed by atoms with Crippen molar-refractivity contribution in [1.29, 1.82) is 5.26 Å². The second kappa shape index (κ2) is 10.2. The number of rotatable bonds is 6. The van der Waals surface area contributed by atoms with E-state index in [4.69, 9.17) is 5.26 Å². The third-order valence-corrected chi connectivity index (χ3v) is 6.06. The van der Waals surface area contributed by atoms with Gasteiger partial charge in [-0.1, -0.05) is 18.2 Å².